The van der Waals surface area contributed by atoms with Gasteiger partial charge in [0.05, 0.1) is 16.2 Å². The average Bonchev–Trinajstić information content (AvgIpc) is 3.02. The first kappa shape index (κ1) is 27.1. The Morgan fingerprint density at radius 3 is 2.49 bits per heavy atom. The van der Waals surface area contributed by atoms with Gasteiger partial charge in [-0.05, 0) is 43.5 Å². The zero-order valence-electron chi connectivity index (χ0n) is 19.4. The van der Waals surface area contributed by atoms with E-state index in [2.05, 4.69) is 0 Å². The number of rotatable bonds is 8. The molecule has 12 heteroatoms. The van der Waals surface area contributed by atoms with E-state index < -0.39 is 52.1 Å². The van der Waals surface area contributed by atoms with Gasteiger partial charge in [-0.1, -0.05) is 13.8 Å². The number of aryl methyl sites for hydroxylation is 1. The first-order chi connectivity index (χ1) is 16.2. The van der Waals surface area contributed by atoms with Crippen LogP contribution in [0.5, 0.6) is 0 Å². The fourth-order valence-electron chi connectivity index (χ4n) is 3.30. The quantitative estimate of drug-likeness (QED) is 0.186. The van der Waals surface area contributed by atoms with Gasteiger partial charge >= 0.3 is 12.1 Å². The molecule has 0 aliphatic carbocycles. The van der Waals surface area contributed by atoms with Crippen LogP contribution in [-0.2, 0) is 27.0 Å². The summed E-state index contributed by atoms with van der Waals surface area (Å²) < 4.78 is 46.6. The summed E-state index contributed by atoms with van der Waals surface area (Å²) in [4.78, 5) is 34.2. The number of non-ortho nitro benzene ring substituents is 1. The van der Waals surface area contributed by atoms with Gasteiger partial charge in [0.1, 0.15) is 11.6 Å². The summed E-state index contributed by atoms with van der Waals surface area (Å²) in [6, 6.07) is 5.30. The summed E-state index contributed by atoms with van der Waals surface area (Å²) in [5, 5.41) is 22.0. The maximum atomic E-state index is 13.2. The molecule has 0 saturated heterocycles. The Morgan fingerprint density at radius 1 is 1.29 bits per heavy atom. The van der Waals surface area contributed by atoms with E-state index in [0.29, 0.717) is 11.5 Å². The minimum atomic E-state index is -4.98. The molecule has 0 unspecified atom stereocenters. The Labute approximate surface area is 198 Å². The summed E-state index contributed by atoms with van der Waals surface area (Å²) in [6.07, 6.45) is -3.67. The summed E-state index contributed by atoms with van der Waals surface area (Å²) in [5.41, 5.74) is -1.00. The SMILES string of the molecule is Cc1cc(/C=C(\C#N)C(=O)OCC(=O)Nc2ccc([N+](=O)[O-])cc2C(F)(F)F)c(C)n1CC(C)C. The molecule has 0 fully saturated rings. The van der Waals surface area contributed by atoms with Gasteiger partial charge in [0.15, 0.2) is 6.61 Å². The van der Waals surface area contributed by atoms with Crippen LogP contribution in [0, 0.1) is 41.2 Å². The number of nitrogens with zero attached hydrogens (tertiary/aromatic N) is 3. The molecule has 0 aliphatic heterocycles. The van der Waals surface area contributed by atoms with Crippen molar-refractivity contribution in [3.8, 4) is 6.07 Å². The second kappa shape index (κ2) is 10.9. The molecule has 1 amide bonds. The van der Waals surface area contributed by atoms with Gasteiger partial charge in [-0.3, -0.25) is 14.9 Å². The van der Waals surface area contributed by atoms with Crippen molar-refractivity contribution in [3.63, 3.8) is 0 Å². The summed E-state index contributed by atoms with van der Waals surface area (Å²) in [7, 11) is 0. The molecule has 1 aromatic heterocycles. The third-order valence-corrected chi connectivity index (χ3v) is 4.93. The minimum absolute atomic E-state index is 0.286. The van der Waals surface area contributed by atoms with Crippen molar-refractivity contribution in [2.75, 3.05) is 11.9 Å². The maximum absolute atomic E-state index is 13.2. The molecule has 0 spiro atoms. The van der Waals surface area contributed by atoms with Gasteiger partial charge in [-0.2, -0.15) is 18.4 Å². The number of alkyl halides is 3. The van der Waals surface area contributed by atoms with Gasteiger partial charge in [0, 0.05) is 30.1 Å². The molecule has 1 N–H and O–H groups in total. The van der Waals surface area contributed by atoms with Crippen LogP contribution in [0.1, 0.15) is 36.4 Å². The summed E-state index contributed by atoms with van der Waals surface area (Å²) in [5.74, 6) is -1.88. The molecule has 2 rings (SSSR count). The van der Waals surface area contributed by atoms with Gasteiger partial charge in [0.25, 0.3) is 11.6 Å². The van der Waals surface area contributed by atoms with Crippen molar-refractivity contribution in [1.82, 2.24) is 4.57 Å². The molecule has 0 aliphatic rings. The van der Waals surface area contributed by atoms with Crippen LogP contribution in [-0.4, -0.2) is 28.0 Å². The van der Waals surface area contributed by atoms with Gasteiger partial charge in [-0.25, -0.2) is 4.79 Å². The van der Waals surface area contributed by atoms with E-state index in [-0.39, 0.29) is 6.07 Å². The smallest absolute Gasteiger partial charge is 0.418 e. The highest BCUT2D eigenvalue weighted by Crippen LogP contribution is 2.37. The lowest BCUT2D eigenvalue weighted by Crippen LogP contribution is -2.23. The predicted molar refractivity (Wildman–Crippen MR) is 120 cm³/mol. The third-order valence-electron chi connectivity index (χ3n) is 4.93. The predicted octanol–water partition coefficient (Wildman–Crippen LogP) is 4.78. The van der Waals surface area contributed by atoms with Crippen LogP contribution in [0.4, 0.5) is 24.5 Å². The zero-order chi connectivity index (χ0) is 26.5. The topological polar surface area (TPSA) is 127 Å². The monoisotopic (exact) mass is 492 g/mol. The van der Waals surface area contributed by atoms with Crippen molar-refractivity contribution in [2.24, 2.45) is 5.92 Å². The van der Waals surface area contributed by atoms with Crippen molar-refractivity contribution in [2.45, 2.75) is 40.4 Å². The number of amides is 1. The highest BCUT2D eigenvalue weighted by atomic mass is 19.4. The number of hydrogen-bond acceptors (Lipinski definition) is 6. The van der Waals surface area contributed by atoms with E-state index in [1.165, 1.54) is 6.08 Å². The molecule has 186 valence electrons. The number of nitrogens with one attached hydrogen (secondary N) is 1. The number of ether oxygens (including phenoxy) is 1. The second-order valence-corrected chi connectivity index (χ2v) is 8.11. The number of nitriles is 1. The van der Waals surface area contributed by atoms with E-state index in [1.807, 2.05) is 37.6 Å². The Morgan fingerprint density at radius 2 is 1.94 bits per heavy atom. The molecular weight excluding hydrogens is 469 g/mol. The van der Waals surface area contributed by atoms with Crippen molar-refractivity contribution >= 4 is 29.3 Å². The van der Waals surface area contributed by atoms with Crippen LogP contribution >= 0.6 is 0 Å². The lowest BCUT2D eigenvalue weighted by atomic mass is 10.1. The highest BCUT2D eigenvalue weighted by molar-refractivity contribution is 6.00. The van der Waals surface area contributed by atoms with Crippen LogP contribution in [0.3, 0.4) is 0 Å². The van der Waals surface area contributed by atoms with Crippen LogP contribution < -0.4 is 5.32 Å². The van der Waals surface area contributed by atoms with Crippen molar-refractivity contribution in [3.05, 3.63) is 62.5 Å². The molecule has 35 heavy (non-hydrogen) atoms. The molecule has 9 nitrogen and oxygen atoms in total. The van der Waals surface area contributed by atoms with Crippen molar-refractivity contribution < 1.29 is 32.4 Å². The number of hydrogen-bond donors (Lipinski definition) is 1. The minimum Gasteiger partial charge on any atom is -0.451 e. The molecular formula is C23H23F3N4O5. The zero-order valence-corrected chi connectivity index (χ0v) is 19.4. The van der Waals surface area contributed by atoms with Gasteiger partial charge in [0.2, 0.25) is 0 Å². The Kier molecular flexibility index (Phi) is 8.41. The van der Waals surface area contributed by atoms with E-state index in [4.69, 9.17) is 4.74 Å². The molecule has 0 atom stereocenters. The van der Waals surface area contributed by atoms with Gasteiger partial charge < -0.3 is 14.6 Å². The first-order valence-corrected chi connectivity index (χ1v) is 10.4. The Balaban J connectivity index is 2.14. The highest BCUT2D eigenvalue weighted by Gasteiger charge is 2.35. The van der Waals surface area contributed by atoms with E-state index in [0.717, 1.165) is 30.1 Å². The fourth-order valence-corrected chi connectivity index (χ4v) is 3.30. The second-order valence-electron chi connectivity index (χ2n) is 8.11. The lowest BCUT2D eigenvalue weighted by Gasteiger charge is -2.13. The summed E-state index contributed by atoms with van der Waals surface area (Å²) >= 11 is 0. The number of halogens is 3. The molecule has 2 aromatic rings. The maximum Gasteiger partial charge on any atom is 0.418 e. The van der Waals surface area contributed by atoms with Crippen molar-refractivity contribution in [1.29, 1.82) is 5.26 Å². The van der Waals surface area contributed by atoms with Crippen LogP contribution in [0.25, 0.3) is 6.08 Å². The average molecular weight is 492 g/mol. The Bertz CT molecular complexity index is 1220. The number of carbonyl (C=O) groups excluding carboxylic acids is 2. The molecule has 1 heterocycles. The molecule has 1 aromatic carbocycles. The molecule has 0 saturated carbocycles. The largest absolute Gasteiger partial charge is 0.451 e. The van der Waals surface area contributed by atoms with E-state index in [9.17, 15) is 38.1 Å². The first-order valence-electron chi connectivity index (χ1n) is 10.4. The van der Waals surface area contributed by atoms with E-state index >= 15 is 0 Å². The van der Waals surface area contributed by atoms with E-state index in [1.54, 1.807) is 12.1 Å². The standard InChI is InChI=1S/C23H23F3N4O5/c1-13(2)11-29-14(3)7-16(15(29)4)8-17(10-27)22(32)35-12-21(31)28-20-6-5-18(30(33)34)9-19(20)23(24,25)26/h5-9,13H,11-12H2,1-4H3,(H,28,31)/b17-8+. The molecule has 0 radical (unpaired) electrons. The number of benzene rings is 1. The number of esters is 1. The van der Waals surface area contributed by atoms with Crippen LogP contribution in [0.15, 0.2) is 29.8 Å². The van der Waals surface area contributed by atoms with Crippen LogP contribution in [0.2, 0.25) is 0 Å². The summed E-state index contributed by atoms with van der Waals surface area (Å²) in [6.45, 7) is 7.57. The number of aromatic nitrogens is 1. The number of carbonyl (C=O) groups is 2. The number of nitro benzene ring substituents is 1. The Hall–Kier alpha value is -4.14. The molecule has 0 bridgehead atoms. The van der Waals surface area contributed by atoms with Gasteiger partial charge in [-0.15, -0.1) is 0 Å². The third kappa shape index (κ3) is 6.92. The normalized spacial score (nSPS) is 11.8. The fraction of sp³-hybridized carbons (Fsp3) is 0.348. The lowest BCUT2D eigenvalue weighted by molar-refractivity contribution is -0.385. The number of anilines is 1. The number of nitro groups is 1.